The minimum atomic E-state index is -0.347. The predicted molar refractivity (Wildman–Crippen MR) is 151 cm³/mol. The SMILES string of the molecule is C=CC(=O)Nc1ccc(-c2c(-c3ccc(Oc4nccc(C)n4)cc3)c3c(N)ncc(C#N)c3n2C)c(Cl)c1. The number of hydrogen-bond donors (Lipinski definition) is 2. The summed E-state index contributed by atoms with van der Waals surface area (Å²) in [4.78, 5) is 24.5. The van der Waals surface area contributed by atoms with Gasteiger partial charge >= 0.3 is 6.01 Å². The van der Waals surface area contributed by atoms with E-state index in [9.17, 15) is 10.1 Å². The van der Waals surface area contributed by atoms with Gasteiger partial charge in [0.05, 0.1) is 27.2 Å². The molecule has 3 aromatic heterocycles. The summed E-state index contributed by atoms with van der Waals surface area (Å²) in [5.74, 6) is 0.482. The zero-order valence-corrected chi connectivity index (χ0v) is 21.8. The molecule has 3 heterocycles. The van der Waals surface area contributed by atoms with Crippen molar-refractivity contribution < 1.29 is 9.53 Å². The topological polar surface area (TPSA) is 132 Å². The molecule has 0 fully saturated rings. The average molecular weight is 536 g/mol. The first-order valence-corrected chi connectivity index (χ1v) is 12.2. The predicted octanol–water partition coefficient (Wildman–Crippen LogP) is 6.03. The number of benzene rings is 2. The van der Waals surface area contributed by atoms with Crippen LogP contribution in [0.5, 0.6) is 11.8 Å². The number of halogens is 1. The number of fused-ring (bicyclic) bond motifs is 1. The summed E-state index contributed by atoms with van der Waals surface area (Å²) in [5, 5.41) is 13.6. The van der Waals surface area contributed by atoms with Crippen molar-refractivity contribution in [1.29, 1.82) is 5.26 Å². The number of aryl methyl sites for hydroxylation is 2. The Bertz CT molecular complexity index is 1800. The lowest BCUT2D eigenvalue weighted by Gasteiger charge is -2.13. The summed E-state index contributed by atoms with van der Waals surface area (Å²) in [5.41, 5.74) is 11.7. The zero-order chi connectivity index (χ0) is 27.7. The molecule has 2 aromatic carbocycles. The third-order valence-corrected chi connectivity index (χ3v) is 6.47. The number of aromatic nitrogens is 4. The molecule has 9 nitrogen and oxygen atoms in total. The number of amides is 1. The van der Waals surface area contributed by atoms with E-state index >= 15 is 0 Å². The van der Waals surface area contributed by atoms with E-state index in [1.807, 2.05) is 30.7 Å². The number of ether oxygens (including phenoxy) is 1. The Morgan fingerprint density at radius 2 is 1.97 bits per heavy atom. The molecule has 5 aromatic rings. The summed E-state index contributed by atoms with van der Waals surface area (Å²) >= 11 is 6.76. The second-order valence-electron chi connectivity index (χ2n) is 8.67. The smallest absolute Gasteiger partial charge is 0.322 e. The Kier molecular flexibility index (Phi) is 6.71. The van der Waals surface area contributed by atoms with Gasteiger partial charge in [-0.1, -0.05) is 30.3 Å². The number of nitrogen functional groups attached to an aromatic ring is 1. The number of hydrogen-bond acceptors (Lipinski definition) is 7. The molecule has 0 aliphatic rings. The van der Waals surface area contributed by atoms with Gasteiger partial charge in [-0.15, -0.1) is 0 Å². The number of carbonyl (C=O) groups is 1. The summed E-state index contributed by atoms with van der Waals surface area (Å²) in [7, 11) is 1.84. The van der Waals surface area contributed by atoms with Gasteiger partial charge in [0.25, 0.3) is 0 Å². The number of nitriles is 1. The molecule has 1 amide bonds. The fourth-order valence-electron chi connectivity index (χ4n) is 4.44. The number of nitrogens with zero attached hydrogens (tertiary/aromatic N) is 5. The zero-order valence-electron chi connectivity index (χ0n) is 21.1. The van der Waals surface area contributed by atoms with Crippen LogP contribution < -0.4 is 15.8 Å². The second kappa shape index (κ2) is 10.3. The van der Waals surface area contributed by atoms with E-state index in [1.54, 1.807) is 42.6 Å². The number of pyridine rings is 1. The lowest BCUT2D eigenvalue weighted by atomic mass is 9.97. The minimum absolute atomic E-state index is 0.246. The van der Waals surface area contributed by atoms with Gasteiger partial charge in [-0.25, -0.2) is 15.0 Å². The molecule has 10 heteroatoms. The van der Waals surface area contributed by atoms with E-state index in [0.29, 0.717) is 38.5 Å². The third-order valence-electron chi connectivity index (χ3n) is 6.16. The van der Waals surface area contributed by atoms with E-state index in [-0.39, 0.29) is 17.7 Å². The van der Waals surface area contributed by atoms with Crippen LogP contribution in [0, 0.1) is 18.3 Å². The van der Waals surface area contributed by atoms with Crippen LogP contribution in [-0.4, -0.2) is 25.4 Å². The first-order valence-electron chi connectivity index (χ1n) is 11.8. The Hall–Kier alpha value is -5.20. The van der Waals surface area contributed by atoms with Crippen LogP contribution in [0.1, 0.15) is 11.3 Å². The largest absolute Gasteiger partial charge is 0.424 e. The molecular formula is C29H22ClN7O2. The summed E-state index contributed by atoms with van der Waals surface area (Å²) in [6.45, 7) is 5.33. The van der Waals surface area contributed by atoms with Crippen LogP contribution in [0.15, 0.2) is 73.6 Å². The van der Waals surface area contributed by atoms with Gasteiger partial charge in [-0.2, -0.15) is 5.26 Å². The lowest BCUT2D eigenvalue weighted by Crippen LogP contribution is -2.07. The average Bonchev–Trinajstić information content (AvgIpc) is 3.23. The molecule has 0 aliphatic heterocycles. The van der Waals surface area contributed by atoms with Gasteiger partial charge in [0.2, 0.25) is 5.91 Å². The Labute approximate surface area is 229 Å². The van der Waals surface area contributed by atoms with Gasteiger partial charge in [0.1, 0.15) is 17.6 Å². The van der Waals surface area contributed by atoms with Crippen molar-refractivity contribution in [2.75, 3.05) is 11.1 Å². The summed E-state index contributed by atoms with van der Waals surface area (Å²) < 4.78 is 7.71. The molecule has 3 N–H and O–H groups in total. The van der Waals surface area contributed by atoms with Crippen LogP contribution in [0.4, 0.5) is 11.5 Å². The molecule has 0 spiro atoms. The van der Waals surface area contributed by atoms with E-state index in [2.05, 4.69) is 32.9 Å². The van der Waals surface area contributed by atoms with Crippen LogP contribution in [-0.2, 0) is 11.8 Å². The van der Waals surface area contributed by atoms with Crippen molar-refractivity contribution in [3.63, 3.8) is 0 Å². The Morgan fingerprint density at radius 1 is 1.21 bits per heavy atom. The first kappa shape index (κ1) is 25.4. The molecule has 0 unspecified atom stereocenters. The maximum atomic E-state index is 11.8. The maximum absolute atomic E-state index is 11.8. The van der Waals surface area contributed by atoms with Gasteiger partial charge in [0.15, 0.2) is 0 Å². The van der Waals surface area contributed by atoms with E-state index in [4.69, 9.17) is 22.1 Å². The van der Waals surface area contributed by atoms with E-state index in [1.165, 1.54) is 12.3 Å². The van der Waals surface area contributed by atoms with Crippen LogP contribution in [0.25, 0.3) is 33.3 Å². The number of nitrogens with one attached hydrogen (secondary N) is 1. The van der Waals surface area contributed by atoms with Crippen LogP contribution in [0.2, 0.25) is 5.02 Å². The number of nitrogens with two attached hydrogens (primary N) is 1. The molecule has 192 valence electrons. The molecule has 0 aliphatic carbocycles. The second-order valence-corrected chi connectivity index (χ2v) is 9.08. The normalized spacial score (nSPS) is 10.7. The monoisotopic (exact) mass is 535 g/mol. The van der Waals surface area contributed by atoms with Crippen molar-refractivity contribution in [2.45, 2.75) is 6.92 Å². The van der Waals surface area contributed by atoms with Gasteiger partial charge in [-0.3, -0.25) is 4.79 Å². The van der Waals surface area contributed by atoms with E-state index in [0.717, 1.165) is 22.5 Å². The molecule has 39 heavy (non-hydrogen) atoms. The van der Waals surface area contributed by atoms with Crippen molar-refractivity contribution in [3.8, 4) is 40.2 Å². The molecule has 0 bridgehead atoms. The highest BCUT2D eigenvalue weighted by Crippen LogP contribution is 2.45. The van der Waals surface area contributed by atoms with Gasteiger partial charge in [0, 0.05) is 41.9 Å². The fourth-order valence-corrected chi connectivity index (χ4v) is 4.71. The molecule has 0 atom stereocenters. The maximum Gasteiger partial charge on any atom is 0.322 e. The van der Waals surface area contributed by atoms with Crippen LogP contribution >= 0.6 is 11.6 Å². The minimum Gasteiger partial charge on any atom is -0.424 e. The highest BCUT2D eigenvalue weighted by molar-refractivity contribution is 6.34. The highest BCUT2D eigenvalue weighted by Gasteiger charge is 2.24. The van der Waals surface area contributed by atoms with E-state index < -0.39 is 0 Å². The molecule has 0 radical (unpaired) electrons. The lowest BCUT2D eigenvalue weighted by molar-refractivity contribution is -0.111. The molecule has 5 rings (SSSR count). The number of anilines is 2. The summed E-state index contributed by atoms with van der Waals surface area (Å²) in [6, 6.07) is 16.8. The standard InChI is InChI=1S/C29H22ClN7O2/c1-4-23(38)36-19-7-10-21(22(30)13-19)27-24(25-26(37(27)3)18(14-31)15-34-28(25)32)17-5-8-20(9-6-17)39-29-33-12-11-16(2)35-29/h4-13,15H,1H2,2-3H3,(H2,32,34)(H,36,38). The highest BCUT2D eigenvalue weighted by atomic mass is 35.5. The molecular weight excluding hydrogens is 514 g/mol. The fraction of sp³-hybridized carbons (Fsp3) is 0.0690. The Balaban J connectivity index is 1.69. The molecule has 0 saturated heterocycles. The van der Waals surface area contributed by atoms with Crippen molar-refractivity contribution in [1.82, 2.24) is 19.5 Å². The van der Waals surface area contributed by atoms with Crippen molar-refractivity contribution in [2.24, 2.45) is 7.05 Å². The van der Waals surface area contributed by atoms with Gasteiger partial charge in [-0.05, 0) is 55.0 Å². The van der Waals surface area contributed by atoms with Gasteiger partial charge < -0.3 is 20.4 Å². The quantitative estimate of drug-likeness (QED) is 0.254. The van der Waals surface area contributed by atoms with Crippen LogP contribution in [0.3, 0.4) is 0 Å². The molecule has 0 saturated carbocycles. The first-order chi connectivity index (χ1) is 18.8. The van der Waals surface area contributed by atoms with Crippen molar-refractivity contribution in [3.05, 3.63) is 89.9 Å². The Morgan fingerprint density at radius 3 is 2.64 bits per heavy atom. The van der Waals surface area contributed by atoms with Crippen molar-refractivity contribution >= 4 is 39.9 Å². The number of rotatable bonds is 6. The third kappa shape index (κ3) is 4.77. The number of carbonyl (C=O) groups excluding carboxylic acids is 1. The summed E-state index contributed by atoms with van der Waals surface area (Å²) in [6.07, 6.45) is 4.27.